The van der Waals surface area contributed by atoms with E-state index in [1.165, 1.54) is 36.8 Å². The summed E-state index contributed by atoms with van der Waals surface area (Å²) >= 11 is 0. The molecule has 0 bridgehead atoms. The molecule has 2 aromatic heterocycles. The lowest BCUT2D eigenvalue weighted by Gasteiger charge is -2.11. The van der Waals surface area contributed by atoms with Crippen LogP contribution in [0.5, 0.6) is 0 Å². The number of carbonyl (C=O) groups is 1. The molecule has 0 radical (unpaired) electrons. The van der Waals surface area contributed by atoms with Crippen LogP contribution in [0, 0.1) is 0 Å². The Morgan fingerprint density at radius 1 is 1.22 bits per heavy atom. The molecule has 1 N–H and O–H groups in total. The van der Waals surface area contributed by atoms with Crippen LogP contribution in [0.4, 0.5) is 4.79 Å². The fraction of sp³-hybridized carbons (Fsp3) is 0. The zero-order valence-corrected chi connectivity index (χ0v) is 9.80. The molecule has 0 saturated heterocycles. The Bertz CT molecular complexity index is 638. The average Bonchev–Trinajstić information content (AvgIpc) is 2.83. The van der Waals surface area contributed by atoms with Gasteiger partial charge in [-0.15, -0.1) is 4.09 Å². The van der Waals surface area contributed by atoms with Crippen LogP contribution in [0.25, 0.3) is 0 Å². The largest absolute Gasteiger partial charge is 0.478 e. The summed E-state index contributed by atoms with van der Waals surface area (Å²) in [6.45, 7) is 0. The second-order valence-corrected chi connectivity index (χ2v) is 4.78. The van der Waals surface area contributed by atoms with Gasteiger partial charge in [0, 0.05) is 18.3 Å². The van der Waals surface area contributed by atoms with E-state index in [0.29, 0.717) is 4.09 Å². The Morgan fingerprint density at radius 3 is 2.39 bits per heavy atom. The molecule has 0 atom stereocenters. The molecular formula is C9H9N4O4S+. The second-order valence-electron chi connectivity index (χ2n) is 3.17. The van der Waals surface area contributed by atoms with Crippen LogP contribution in [0.15, 0.2) is 49.1 Å². The molecule has 0 spiro atoms. The number of amides is 1. The van der Waals surface area contributed by atoms with Crippen LogP contribution in [-0.2, 0) is 10.2 Å². The fourth-order valence-electron chi connectivity index (χ4n) is 1.30. The van der Waals surface area contributed by atoms with Crippen LogP contribution in [0.3, 0.4) is 0 Å². The van der Waals surface area contributed by atoms with Crippen molar-refractivity contribution in [2.45, 2.75) is 0 Å². The molecule has 94 valence electrons. The third kappa shape index (κ3) is 2.02. The molecule has 18 heavy (non-hydrogen) atoms. The molecule has 0 aliphatic carbocycles. The van der Waals surface area contributed by atoms with Gasteiger partial charge in [0.05, 0.1) is 10.6 Å². The zero-order chi connectivity index (χ0) is 13.2. The molecule has 2 aromatic rings. The van der Waals surface area contributed by atoms with Crippen LogP contribution >= 0.6 is 0 Å². The summed E-state index contributed by atoms with van der Waals surface area (Å²) in [7, 11) is -4.31. The molecule has 0 aliphatic rings. The van der Waals surface area contributed by atoms with Crippen molar-refractivity contribution in [1.29, 1.82) is 0 Å². The number of nitrogens with zero attached hydrogens (tertiary/aromatic N) is 4. The van der Waals surface area contributed by atoms with E-state index >= 15 is 0 Å². The minimum atomic E-state index is -4.31. The van der Waals surface area contributed by atoms with E-state index in [1.807, 2.05) is 0 Å². The molecular weight excluding hydrogens is 260 g/mol. The topological polar surface area (TPSA) is 96.4 Å². The highest BCUT2D eigenvalue weighted by molar-refractivity contribution is 7.91. The van der Waals surface area contributed by atoms with Gasteiger partial charge >= 0.3 is 16.3 Å². The Labute approximate surface area is 102 Å². The molecule has 0 fully saturated rings. The Morgan fingerprint density at radius 2 is 1.89 bits per heavy atom. The summed E-state index contributed by atoms with van der Waals surface area (Å²) in [5, 5.41) is 12.6. The monoisotopic (exact) mass is 269 g/mol. The van der Waals surface area contributed by atoms with Crippen molar-refractivity contribution in [3.8, 4) is 0 Å². The number of carboxylic acid groups (broad SMARTS) is 1. The van der Waals surface area contributed by atoms with E-state index in [0.717, 1.165) is 10.9 Å². The first-order valence-corrected chi connectivity index (χ1v) is 6.18. The van der Waals surface area contributed by atoms with Gasteiger partial charge in [-0.05, 0) is 6.07 Å². The van der Waals surface area contributed by atoms with Crippen molar-refractivity contribution < 1.29 is 23.0 Å². The lowest BCUT2D eigenvalue weighted by Crippen LogP contribution is -2.64. The van der Waals surface area contributed by atoms with E-state index in [1.54, 1.807) is 6.07 Å². The first kappa shape index (κ1) is 12.0. The molecule has 2 rings (SSSR count). The normalized spacial score (nSPS) is 11.1. The van der Waals surface area contributed by atoms with E-state index in [2.05, 4.69) is 5.10 Å². The highest BCUT2D eigenvalue weighted by Crippen LogP contribution is 1.99. The summed E-state index contributed by atoms with van der Waals surface area (Å²) in [5.41, 5.74) is 0. The predicted octanol–water partition coefficient (Wildman–Crippen LogP) is -0.420. The smallest absolute Gasteiger partial charge is 0.461 e. The van der Waals surface area contributed by atoms with E-state index in [-0.39, 0.29) is 4.41 Å². The number of pyridine rings is 1. The molecule has 9 heteroatoms. The SMILES string of the molecule is O=C(O)N([n+]1ccccc1)S(=O)(=O)n1cccn1. The lowest BCUT2D eigenvalue weighted by molar-refractivity contribution is -0.667. The van der Waals surface area contributed by atoms with Crippen molar-refractivity contribution in [1.82, 2.24) is 9.19 Å². The van der Waals surface area contributed by atoms with Gasteiger partial charge < -0.3 is 5.11 Å². The molecule has 2 heterocycles. The van der Waals surface area contributed by atoms with Gasteiger partial charge in [0.15, 0.2) is 0 Å². The van der Waals surface area contributed by atoms with E-state index in [4.69, 9.17) is 5.11 Å². The van der Waals surface area contributed by atoms with Crippen molar-refractivity contribution in [2.75, 3.05) is 4.41 Å². The molecule has 1 amide bonds. The summed E-state index contributed by atoms with van der Waals surface area (Å²) < 4.78 is 25.8. The quantitative estimate of drug-likeness (QED) is 0.763. The van der Waals surface area contributed by atoms with Crippen LogP contribution in [0.2, 0.25) is 0 Å². The summed E-state index contributed by atoms with van der Waals surface area (Å²) in [5.74, 6) is 0. The van der Waals surface area contributed by atoms with Gasteiger partial charge in [-0.25, -0.2) is 4.79 Å². The van der Waals surface area contributed by atoms with Crippen LogP contribution < -0.4 is 9.09 Å². The first-order chi connectivity index (χ1) is 8.53. The molecule has 0 aliphatic heterocycles. The highest BCUT2D eigenvalue weighted by atomic mass is 32.2. The number of aromatic nitrogens is 3. The fourth-order valence-corrected chi connectivity index (χ4v) is 2.40. The summed E-state index contributed by atoms with van der Waals surface area (Å²) in [6.07, 6.45) is 3.36. The maximum absolute atomic E-state index is 12.1. The van der Waals surface area contributed by atoms with Crippen molar-refractivity contribution in [2.24, 2.45) is 0 Å². The summed E-state index contributed by atoms with van der Waals surface area (Å²) in [4.78, 5) is 11.1. The van der Waals surface area contributed by atoms with Gasteiger partial charge in [-0.2, -0.15) is 13.5 Å². The van der Waals surface area contributed by atoms with Gasteiger partial charge in [0.1, 0.15) is 0 Å². The van der Waals surface area contributed by atoms with Gasteiger partial charge in [0.2, 0.25) is 12.4 Å². The molecule has 8 nitrogen and oxygen atoms in total. The Balaban J connectivity index is 2.54. The average molecular weight is 269 g/mol. The lowest BCUT2D eigenvalue weighted by atomic mass is 10.5. The van der Waals surface area contributed by atoms with Gasteiger partial charge in [0.25, 0.3) is 0 Å². The minimum absolute atomic E-state index is 0.181. The Hall–Kier alpha value is -2.42. The van der Waals surface area contributed by atoms with Crippen LogP contribution in [-0.4, -0.2) is 28.8 Å². The second kappa shape index (κ2) is 4.45. The van der Waals surface area contributed by atoms with Gasteiger partial charge in [-0.3, -0.25) is 0 Å². The highest BCUT2D eigenvalue weighted by Gasteiger charge is 2.38. The van der Waals surface area contributed by atoms with Crippen molar-refractivity contribution >= 4 is 16.3 Å². The minimum Gasteiger partial charge on any atom is -0.461 e. The maximum atomic E-state index is 12.1. The Kier molecular flexibility index (Phi) is 2.98. The molecule has 0 saturated carbocycles. The van der Waals surface area contributed by atoms with Crippen molar-refractivity contribution in [3.63, 3.8) is 0 Å². The predicted molar refractivity (Wildman–Crippen MR) is 59.4 cm³/mol. The number of hydrogen-bond donors (Lipinski definition) is 1. The number of hydrogen-bond acceptors (Lipinski definition) is 4. The van der Waals surface area contributed by atoms with E-state index in [9.17, 15) is 13.2 Å². The maximum Gasteiger partial charge on any atom is 0.478 e. The molecule has 0 aromatic carbocycles. The summed E-state index contributed by atoms with van der Waals surface area (Å²) in [6, 6.07) is 6.04. The standard InChI is InChI=1S/C9H8N4O4S/c14-9(15)13(11-6-2-1-3-7-11)18(16,17)12-8-4-5-10-12/h1-8H/p+1. The van der Waals surface area contributed by atoms with E-state index < -0.39 is 16.3 Å². The first-order valence-electron chi connectivity index (χ1n) is 4.78. The van der Waals surface area contributed by atoms with Crippen molar-refractivity contribution in [3.05, 3.63) is 49.1 Å². The third-order valence-electron chi connectivity index (χ3n) is 2.01. The van der Waals surface area contributed by atoms with Crippen LogP contribution in [0.1, 0.15) is 0 Å². The zero-order valence-electron chi connectivity index (χ0n) is 8.99. The number of rotatable bonds is 3. The third-order valence-corrected chi connectivity index (χ3v) is 3.48. The molecule has 0 unspecified atom stereocenters. The van der Waals surface area contributed by atoms with Gasteiger partial charge in [-0.1, -0.05) is 10.7 Å².